The highest BCUT2D eigenvalue weighted by Crippen LogP contribution is 2.28. The van der Waals surface area contributed by atoms with E-state index in [0.717, 1.165) is 11.3 Å². The number of aromatic nitrogens is 4. The third-order valence-electron chi connectivity index (χ3n) is 4.21. The first-order valence-corrected chi connectivity index (χ1v) is 9.26. The molecule has 3 rings (SSSR count). The first kappa shape index (κ1) is 18.9. The lowest BCUT2D eigenvalue weighted by molar-refractivity contribution is 0.102. The molecule has 0 aliphatic heterocycles. The molecule has 0 amide bonds. The van der Waals surface area contributed by atoms with E-state index in [1.54, 1.807) is 37.1 Å². The molecule has 0 bridgehead atoms. The Balaban J connectivity index is 1.75. The normalized spacial score (nSPS) is 10.7. The molecule has 8 heteroatoms. The Bertz CT molecular complexity index is 971. The van der Waals surface area contributed by atoms with Gasteiger partial charge in [0.2, 0.25) is 5.16 Å². The number of aryl methyl sites for hydroxylation is 2. The Morgan fingerprint density at radius 2 is 1.81 bits per heavy atom. The van der Waals surface area contributed by atoms with Crippen molar-refractivity contribution in [3.8, 4) is 17.2 Å². The Kier molecular flexibility index (Phi) is 5.75. The molecule has 3 aromatic rings. The lowest BCUT2D eigenvalue weighted by Gasteiger charge is -2.09. The number of ketones is 1. The number of carbonyl (C=O) groups is 1. The minimum absolute atomic E-state index is 0.0458. The molecule has 0 saturated carbocycles. The van der Waals surface area contributed by atoms with Gasteiger partial charge in [-0.1, -0.05) is 17.8 Å². The van der Waals surface area contributed by atoms with E-state index in [9.17, 15) is 4.79 Å². The number of nitrogens with zero attached hydrogens (tertiary/aromatic N) is 4. The second-order valence-electron chi connectivity index (χ2n) is 5.92. The Hall–Kier alpha value is -2.87. The average molecular weight is 384 g/mol. The van der Waals surface area contributed by atoms with E-state index in [4.69, 9.17) is 9.47 Å². The van der Waals surface area contributed by atoms with Crippen LogP contribution in [0, 0.1) is 13.8 Å². The summed E-state index contributed by atoms with van der Waals surface area (Å²) in [6.45, 7) is 4.09. The van der Waals surface area contributed by atoms with Gasteiger partial charge in [0.05, 0.1) is 25.7 Å². The number of carbonyl (C=O) groups excluding carboxylic acids is 1. The third kappa shape index (κ3) is 4.11. The van der Waals surface area contributed by atoms with Gasteiger partial charge >= 0.3 is 0 Å². The first-order valence-electron chi connectivity index (χ1n) is 8.27. The minimum atomic E-state index is -0.0458. The number of thioether (sulfide) groups is 1. The zero-order chi connectivity index (χ0) is 19.4. The van der Waals surface area contributed by atoms with Gasteiger partial charge in [-0.05, 0) is 65.7 Å². The van der Waals surface area contributed by atoms with Crippen molar-refractivity contribution in [3.63, 3.8) is 0 Å². The van der Waals surface area contributed by atoms with Gasteiger partial charge in [-0.25, -0.2) is 0 Å². The van der Waals surface area contributed by atoms with Gasteiger partial charge in [0.1, 0.15) is 0 Å². The van der Waals surface area contributed by atoms with Crippen LogP contribution < -0.4 is 9.47 Å². The average Bonchev–Trinajstić information content (AvgIpc) is 3.16. The Morgan fingerprint density at radius 3 is 2.52 bits per heavy atom. The van der Waals surface area contributed by atoms with Crippen LogP contribution in [0.15, 0.2) is 41.6 Å². The largest absolute Gasteiger partial charge is 0.493 e. The van der Waals surface area contributed by atoms with E-state index in [0.29, 0.717) is 22.2 Å². The number of hydrogen-bond donors (Lipinski definition) is 0. The van der Waals surface area contributed by atoms with Crippen LogP contribution in [0.1, 0.15) is 21.5 Å². The molecule has 0 aliphatic rings. The molecule has 0 aliphatic carbocycles. The van der Waals surface area contributed by atoms with Crippen molar-refractivity contribution in [2.24, 2.45) is 0 Å². The smallest absolute Gasteiger partial charge is 0.214 e. The SMILES string of the molecule is COc1ccc(C(=O)CSc2nnnn2-c2ccc(C)c(C)c2)cc1OC. The zero-order valence-corrected chi connectivity index (χ0v) is 16.4. The Labute approximate surface area is 161 Å². The molecule has 140 valence electrons. The van der Waals surface area contributed by atoms with Crippen molar-refractivity contribution in [1.29, 1.82) is 0 Å². The summed E-state index contributed by atoms with van der Waals surface area (Å²) >= 11 is 1.29. The fourth-order valence-electron chi connectivity index (χ4n) is 2.51. The molecule has 0 fully saturated rings. The molecule has 0 unspecified atom stereocenters. The quantitative estimate of drug-likeness (QED) is 0.457. The molecule has 0 N–H and O–H groups in total. The molecule has 0 radical (unpaired) electrons. The number of tetrazole rings is 1. The maximum absolute atomic E-state index is 12.6. The highest BCUT2D eigenvalue weighted by Gasteiger charge is 2.15. The summed E-state index contributed by atoms with van der Waals surface area (Å²) in [5, 5.41) is 12.4. The van der Waals surface area contributed by atoms with E-state index < -0.39 is 0 Å². The zero-order valence-electron chi connectivity index (χ0n) is 15.6. The molecule has 0 spiro atoms. The maximum atomic E-state index is 12.6. The number of methoxy groups -OCH3 is 2. The standard InChI is InChI=1S/C19H20N4O3S/c1-12-5-7-15(9-13(12)2)23-19(20-21-22-23)27-11-16(24)14-6-8-17(25-3)18(10-14)26-4/h5-10H,11H2,1-4H3. The van der Waals surface area contributed by atoms with Crippen molar-refractivity contribution in [2.45, 2.75) is 19.0 Å². The number of ether oxygens (including phenoxy) is 2. The number of rotatable bonds is 7. The second kappa shape index (κ2) is 8.22. The fraction of sp³-hybridized carbons (Fsp3) is 0.263. The van der Waals surface area contributed by atoms with Gasteiger partial charge in [0.15, 0.2) is 17.3 Å². The van der Waals surface area contributed by atoms with E-state index in [-0.39, 0.29) is 11.5 Å². The van der Waals surface area contributed by atoms with E-state index >= 15 is 0 Å². The summed E-state index contributed by atoms with van der Waals surface area (Å²) in [7, 11) is 3.10. The van der Waals surface area contributed by atoms with Crippen LogP contribution in [0.25, 0.3) is 5.69 Å². The van der Waals surface area contributed by atoms with Crippen molar-refractivity contribution in [3.05, 3.63) is 53.1 Å². The predicted molar refractivity (Wildman–Crippen MR) is 103 cm³/mol. The fourth-order valence-corrected chi connectivity index (χ4v) is 3.30. The molecule has 1 aromatic heterocycles. The number of benzene rings is 2. The molecular formula is C19H20N4O3S. The molecular weight excluding hydrogens is 364 g/mol. The van der Waals surface area contributed by atoms with Crippen LogP contribution >= 0.6 is 11.8 Å². The number of Topliss-reactive ketones (excluding diaryl/α,β-unsaturated/α-hetero) is 1. The van der Waals surface area contributed by atoms with Crippen molar-refractivity contribution in [1.82, 2.24) is 20.2 Å². The van der Waals surface area contributed by atoms with Crippen LogP contribution in [0.5, 0.6) is 11.5 Å². The number of hydrogen-bond acceptors (Lipinski definition) is 7. The van der Waals surface area contributed by atoms with Crippen molar-refractivity contribution < 1.29 is 14.3 Å². The molecule has 0 atom stereocenters. The van der Waals surface area contributed by atoms with E-state index in [2.05, 4.69) is 22.4 Å². The van der Waals surface area contributed by atoms with Crippen LogP contribution in [0.4, 0.5) is 0 Å². The minimum Gasteiger partial charge on any atom is -0.493 e. The van der Waals surface area contributed by atoms with E-state index in [1.807, 2.05) is 25.1 Å². The Morgan fingerprint density at radius 1 is 1.04 bits per heavy atom. The lowest BCUT2D eigenvalue weighted by atomic mass is 10.1. The summed E-state index contributed by atoms with van der Waals surface area (Å²) in [5.41, 5.74) is 3.76. The van der Waals surface area contributed by atoms with Crippen LogP contribution in [0.2, 0.25) is 0 Å². The van der Waals surface area contributed by atoms with Gasteiger partial charge in [-0.2, -0.15) is 4.68 Å². The lowest BCUT2D eigenvalue weighted by Crippen LogP contribution is -2.06. The highest BCUT2D eigenvalue weighted by atomic mass is 32.2. The summed E-state index contributed by atoms with van der Waals surface area (Å²) in [6, 6.07) is 11.1. The van der Waals surface area contributed by atoms with Gasteiger partial charge in [-0.3, -0.25) is 4.79 Å². The van der Waals surface area contributed by atoms with Gasteiger partial charge in [-0.15, -0.1) is 5.10 Å². The maximum Gasteiger partial charge on any atom is 0.214 e. The van der Waals surface area contributed by atoms with Crippen LogP contribution in [-0.2, 0) is 0 Å². The van der Waals surface area contributed by atoms with Crippen molar-refractivity contribution >= 4 is 17.5 Å². The van der Waals surface area contributed by atoms with Crippen LogP contribution in [0.3, 0.4) is 0 Å². The summed E-state index contributed by atoms with van der Waals surface area (Å²) in [5.74, 6) is 1.27. The summed E-state index contributed by atoms with van der Waals surface area (Å²) in [6.07, 6.45) is 0. The predicted octanol–water partition coefficient (Wildman–Crippen LogP) is 3.27. The molecule has 0 saturated heterocycles. The summed E-state index contributed by atoms with van der Waals surface area (Å²) < 4.78 is 12.1. The molecule has 27 heavy (non-hydrogen) atoms. The van der Waals surface area contributed by atoms with Gasteiger partial charge < -0.3 is 9.47 Å². The van der Waals surface area contributed by atoms with Crippen molar-refractivity contribution in [2.75, 3.05) is 20.0 Å². The molecule has 2 aromatic carbocycles. The molecule has 7 nitrogen and oxygen atoms in total. The summed E-state index contributed by atoms with van der Waals surface area (Å²) in [4.78, 5) is 12.6. The first-order chi connectivity index (χ1) is 13.0. The monoisotopic (exact) mass is 384 g/mol. The van der Waals surface area contributed by atoms with Crippen LogP contribution in [-0.4, -0.2) is 46.0 Å². The van der Waals surface area contributed by atoms with Gasteiger partial charge in [0.25, 0.3) is 0 Å². The highest BCUT2D eigenvalue weighted by molar-refractivity contribution is 7.99. The second-order valence-corrected chi connectivity index (χ2v) is 6.87. The third-order valence-corrected chi connectivity index (χ3v) is 5.13. The van der Waals surface area contributed by atoms with Gasteiger partial charge in [0, 0.05) is 5.56 Å². The van der Waals surface area contributed by atoms with E-state index in [1.165, 1.54) is 17.3 Å². The topological polar surface area (TPSA) is 79.1 Å². The molecule has 1 heterocycles.